The molecule has 0 heterocycles. The molecule has 1 rings (SSSR count). The molecule has 1 aromatic carbocycles. The summed E-state index contributed by atoms with van der Waals surface area (Å²) in [6.45, 7) is 7.17. The van der Waals surface area contributed by atoms with Gasteiger partial charge in [-0.3, -0.25) is 4.79 Å². The molecule has 0 aliphatic rings. The van der Waals surface area contributed by atoms with Gasteiger partial charge in [0, 0.05) is 6.42 Å². The molecular formula is C15H22O2. The van der Waals surface area contributed by atoms with E-state index in [2.05, 4.69) is 20.8 Å². The molecule has 0 aliphatic heterocycles. The van der Waals surface area contributed by atoms with E-state index in [9.17, 15) is 4.79 Å². The fraction of sp³-hybridized carbons (Fsp3) is 0.533. The highest BCUT2D eigenvalue weighted by molar-refractivity contribution is 5.79. The molecule has 0 fully saturated rings. The van der Waals surface area contributed by atoms with Crippen LogP contribution in [-0.2, 0) is 16.1 Å². The SMILES string of the molecule is CC(C)(C)CCC(=O)COCc1ccccc1. The van der Waals surface area contributed by atoms with Gasteiger partial charge in [-0.1, -0.05) is 51.1 Å². The van der Waals surface area contributed by atoms with Crippen molar-refractivity contribution in [3.8, 4) is 0 Å². The van der Waals surface area contributed by atoms with Crippen molar-refractivity contribution >= 4 is 5.78 Å². The summed E-state index contributed by atoms with van der Waals surface area (Å²) < 4.78 is 5.40. The van der Waals surface area contributed by atoms with Crippen LogP contribution in [0.2, 0.25) is 0 Å². The maximum Gasteiger partial charge on any atom is 0.158 e. The number of carbonyl (C=O) groups excluding carboxylic acids is 1. The standard InChI is InChI=1S/C15H22O2/c1-15(2,3)10-9-14(16)12-17-11-13-7-5-4-6-8-13/h4-8H,9-12H2,1-3H3. The molecule has 0 atom stereocenters. The van der Waals surface area contributed by atoms with Crippen LogP contribution in [0.3, 0.4) is 0 Å². The molecule has 0 N–H and O–H groups in total. The lowest BCUT2D eigenvalue weighted by molar-refractivity contribution is -0.124. The van der Waals surface area contributed by atoms with E-state index < -0.39 is 0 Å². The first-order valence-electron chi connectivity index (χ1n) is 6.11. The molecule has 0 bridgehead atoms. The van der Waals surface area contributed by atoms with Gasteiger partial charge in [0.1, 0.15) is 6.61 Å². The summed E-state index contributed by atoms with van der Waals surface area (Å²) >= 11 is 0. The van der Waals surface area contributed by atoms with Crippen molar-refractivity contribution in [1.29, 1.82) is 0 Å². The molecule has 0 saturated heterocycles. The topological polar surface area (TPSA) is 26.3 Å². The van der Waals surface area contributed by atoms with Gasteiger partial charge in [-0.15, -0.1) is 0 Å². The highest BCUT2D eigenvalue weighted by Gasteiger charge is 2.12. The lowest BCUT2D eigenvalue weighted by atomic mass is 9.90. The molecule has 2 heteroatoms. The van der Waals surface area contributed by atoms with Crippen molar-refractivity contribution in [3.63, 3.8) is 0 Å². The van der Waals surface area contributed by atoms with E-state index in [1.165, 1.54) is 0 Å². The van der Waals surface area contributed by atoms with E-state index in [1.54, 1.807) is 0 Å². The Kier molecular flexibility index (Phi) is 5.36. The number of Topliss-reactive ketones (excluding diaryl/α,β-unsaturated/α-hetero) is 1. The Morgan fingerprint density at radius 2 is 1.82 bits per heavy atom. The summed E-state index contributed by atoms with van der Waals surface area (Å²) in [5.41, 5.74) is 1.32. The van der Waals surface area contributed by atoms with Crippen molar-refractivity contribution in [3.05, 3.63) is 35.9 Å². The molecule has 0 radical (unpaired) electrons. The molecule has 0 unspecified atom stereocenters. The van der Waals surface area contributed by atoms with Gasteiger partial charge in [0.2, 0.25) is 0 Å². The Bertz CT molecular complexity index is 336. The van der Waals surface area contributed by atoms with E-state index in [0.717, 1.165) is 12.0 Å². The Balaban J connectivity index is 2.17. The highest BCUT2D eigenvalue weighted by atomic mass is 16.5. The van der Waals surface area contributed by atoms with Gasteiger partial charge < -0.3 is 4.74 Å². The van der Waals surface area contributed by atoms with Crippen LogP contribution >= 0.6 is 0 Å². The molecule has 2 nitrogen and oxygen atoms in total. The van der Waals surface area contributed by atoms with Crippen molar-refractivity contribution in [1.82, 2.24) is 0 Å². The van der Waals surface area contributed by atoms with Crippen LogP contribution in [0.15, 0.2) is 30.3 Å². The summed E-state index contributed by atoms with van der Waals surface area (Å²) in [5, 5.41) is 0. The number of rotatable bonds is 6. The Hall–Kier alpha value is -1.15. The zero-order valence-corrected chi connectivity index (χ0v) is 11.0. The quantitative estimate of drug-likeness (QED) is 0.751. The van der Waals surface area contributed by atoms with E-state index in [0.29, 0.717) is 13.0 Å². The molecule has 17 heavy (non-hydrogen) atoms. The zero-order valence-electron chi connectivity index (χ0n) is 11.0. The van der Waals surface area contributed by atoms with Gasteiger partial charge in [0.05, 0.1) is 6.61 Å². The van der Waals surface area contributed by atoms with E-state index >= 15 is 0 Å². The summed E-state index contributed by atoms with van der Waals surface area (Å²) in [5.74, 6) is 0.191. The smallest absolute Gasteiger partial charge is 0.158 e. The second-order valence-corrected chi connectivity index (χ2v) is 5.58. The van der Waals surface area contributed by atoms with Gasteiger partial charge in [-0.25, -0.2) is 0 Å². The molecule has 0 amide bonds. The molecule has 0 spiro atoms. The second kappa shape index (κ2) is 6.55. The minimum Gasteiger partial charge on any atom is -0.369 e. The average Bonchev–Trinajstić information content (AvgIpc) is 2.27. The predicted octanol–water partition coefficient (Wildman–Crippen LogP) is 3.60. The summed E-state index contributed by atoms with van der Waals surface area (Å²) in [4.78, 5) is 11.6. The van der Waals surface area contributed by atoms with Crippen LogP contribution in [0.4, 0.5) is 0 Å². The van der Waals surface area contributed by atoms with Crippen LogP contribution in [-0.4, -0.2) is 12.4 Å². The summed E-state index contributed by atoms with van der Waals surface area (Å²) in [6, 6.07) is 9.91. The van der Waals surface area contributed by atoms with Crippen molar-refractivity contribution in [2.24, 2.45) is 5.41 Å². The molecule has 0 aromatic heterocycles. The number of ketones is 1. The van der Waals surface area contributed by atoms with Crippen LogP contribution in [0, 0.1) is 5.41 Å². The number of ether oxygens (including phenoxy) is 1. The van der Waals surface area contributed by atoms with Gasteiger partial charge in [0.25, 0.3) is 0 Å². The molecular weight excluding hydrogens is 212 g/mol. The maximum atomic E-state index is 11.6. The number of carbonyl (C=O) groups is 1. The largest absolute Gasteiger partial charge is 0.369 e. The summed E-state index contributed by atoms with van der Waals surface area (Å²) in [7, 11) is 0. The Morgan fingerprint density at radius 1 is 1.18 bits per heavy atom. The van der Waals surface area contributed by atoms with E-state index in [1.807, 2.05) is 30.3 Å². The molecule has 0 aliphatic carbocycles. The number of hydrogen-bond acceptors (Lipinski definition) is 2. The first kappa shape index (κ1) is 13.9. The predicted molar refractivity (Wildman–Crippen MR) is 69.8 cm³/mol. The lowest BCUT2D eigenvalue weighted by Gasteiger charge is -2.16. The Labute approximate surface area is 104 Å². The van der Waals surface area contributed by atoms with Crippen molar-refractivity contribution in [2.45, 2.75) is 40.2 Å². The zero-order chi connectivity index (χ0) is 12.7. The number of hydrogen-bond donors (Lipinski definition) is 0. The van der Waals surface area contributed by atoms with Crippen LogP contribution < -0.4 is 0 Å². The molecule has 0 saturated carbocycles. The maximum absolute atomic E-state index is 11.6. The van der Waals surface area contributed by atoms with Gasteiger partial charge in [0.15, 0.2) is 5.78 Å². The summed E-state index contributed by atoms with van der Waals surface area (Å²) in [6.07, 6.45) is 1.53. The third-order valence-electron chi connectivity index (χ3n) is 2.53. The van der Waals surface area contributed by atoms with Crippen molar-refractivity contribution < 1.29 is 9.53 Å². The fourth-order valence-corrected chi connectivity index (χ4v) is 1.44. The highest BCUT2D eigenvalue weighted by Crippen LogP contribution is 2.20. The molecule has 1 aromatic rings. The van der Waals surface area contributed by atoms with Crippen molar-refractivity contribution in [2.75, 3.05) is 6.61 Å². The van der Waals surface area contributed by atoms with Gasteiger partial charge in [-0.05, 0) is 17.4 Å². The minimum atomic E-state index is 0.191. The third kappa shape index (κ3) is 6.90. The fourth-order valence-electron chi connectivity index (χ4n) is 1.44. The Morgan fingerprint density at radius 3 is 2.41 bits per heavy atom. The minimum absolute atomic E-state index is 0.191. The second-order valence-electron chi connectivity index (χ2n) is 5.58. The first-order chi connectivity index (χ1) is 7.97. The van der Waals surface area contributed by atoms with Crippen LogP contribution in [0.25, 0.3) is 0 Å². The third-order valence-corrected chi connectivity index (χ3v) is 2.53. The normalized spacial score (nSPS) is 11.5. The number of benzene rings is 1. The lowest BCUT2D eigenvalue weighted by Crippen LogP contribution is -2.13. The molecule has 94 valence electrons. The van der Waals surface area contributed by atoms with Crippen LogP contribution in [0.5, 0.6) is 0 Å². The van der Waals surface area contributed by atoms with E-state index in [4.69, 9.17) is 4.74 Å². The first-order valence-corrected chi connectivity index (χ1v) is 6.11. The average molecular weight is 234 g/mol. The van der Waals surface area contributed by atoms with Gasteiger partial charge >= 0.3 is 0 Å². The monoisotopic (exact) mass is 234 g/mol. The van der Waals surface area contributed by atoms with Gasteiger partial charge in [-0.2, -0.15) is 0 Å². The van der Waals surface area contributed by atoms with E-state index in [-0.39, 0.29) is 17.8 Å². The van der Waals surface area contributed by atoms with Crippen LogP contribution in [0.1, 0.15) is 39.2 Å².